The van der Waals surface area contributed by atoms with Crippen LogP contribution in [0, 0.1) is 5.53 Å². The summed E-state index contributed by atoms with van der Waals surface area (Å²) in [6.45, 7) is 9.08. The minimum absolute atomic E-state index is 0.0401. The number of hydrogen-bond donors (Lipinski definition) is 2. The van der Waals surface area contributed by atoms with Crippen molar-refractivity contribution in [3.05, 3.63) is 12.3 Å². The summed E-state index contributed by atoms with van der Waals surface area (Å²) in [5.41, 5.74) is 6.17. The van der Waals surface area contributed by atoms with E-state index in [0.29, 0.717) is 0 Å². The molecule has 0 spiro atoms. The van der Waals surface area contributed by atoms with Crippen LogP contribution in [0.2, 0.25) is 19.6 Å². The summed E-state index contributed by atoms with van der Waals surface area (Å²) in [6.07, 6.45) is 0. The molecule has 2 N–H and O–H groups in total. The summed E-state index contributed by atoms with van der Waals surface area (Å²) in [4.78, 5) is 13.3. The predicted molar refractivity (Wildman–Crippen MR) is 49.2 cm³/mol. The lowest BCUT2D eigenvalue weighted by atomic mass is 10.3. The minimum atomic E-state index is -1.87. The van der Waals surface area contributed by atoms with Gasteiger partial charge in [0.25, 0.3) is 0 Å². The van der Waals surface area contributed by atoms with Gasteiger partial charge in [0, 0.05) is 0 Å². The van der Waals surface area contributed by atoms with Gasteiger partial charge in [0.05, 0.1) is 10.3 Å². The van der Waals surface area contributed by atoms with E-state index in [1.165, 1.54) is 0 Å². The lowest BCUT2D eigenvalue weighted by Crippen LogP contribution is -2.29. The summed E-state index contributed by atoms with van der Waals surface area (Å²) in [6, 6.07) is 0. The Balaban J connectivity index is 4.62. The first-order chi connectivity index (χ1) is 5.78. The summed E-state index contributed by atoms with van der Waals surface area (Å²) < 4.78 is 5.26. The van der Waals surface area contributed by atoms with Crippen molar-refractivity contribution < 1.29 is 19.1 Å². The molecule has 5 nitrogen and oxygen atoms in total. The number of carbonyl (C=O) groups is 1. The Morgan fingerprint density at radius 2 is 2.00 bits per heavy atom. The highest BCUT2D eigenvalue weighted by molar-refractivity contribution is 6.70. The van der Waals surface area contributed by atoms with Gasteiger partial charge in [-0.15, -0.1) is 0 Å². The van der Waals surface area contributed by atoms with Crippen LogP contribution >= 0.6 is 0 Å². The molecule has 0 rings (SSSR count). The summed E-state index contributed by atoms with van der Waals surface area (Å²) in [5.74, 6) is -1.33. The van der Waals surface area contributed by atoms with E-state index in [0.717, 1.165) is 0 Å². The van der Waals surface area contributed by atoms with Gasteiger partial charge in [-0.3, -0.25) is 0 Å². The molecule has 0 unspecified atom stereocenters. The molecule has 0 aromatic heterocycles. The van der Waals surface area contributed by atoms with Gasteiger partial charge in [0.1, 0.15) is 0 Å². The zero-order valence-electron chi connectivity index (χ0n) is 7.92. The third-order valence-corrected chi connectivity index (χ3v) is 1.87. The molecule has 0 atom stereocenters. The Labute approximate surface area is 77.4 Å². The lowest BCUT2D eigenvalue weighted by molar-refractivity contribution is -0.148. The van der Waals surface area contributed by atoms with Crippen LogP contribution in [-0.2, 0) is 9.22 Å². The quantitative estimate of drug-likeness (QED) is 0.235. The number of nitrogens with one attached hydrogen (secondary N) is 1. The SMILES string of the molecule is C=C(O[Si](C)(C)C)C(=[N+]=N)C(=O)O. The average Bonchev–Trinajstić information content (AvgIpc) is 1.82. The molecular formula is C7H13N2O3Si+. The first-order valence-corrected chi connectivity index (χ1v) is 7.04. The molecule has 72 valence electrons. The third kappa shape index (κ3) is 4.24. The lowest BCUT2D eigenvalue weighted by Gasteiger charge is -2.17. The van der Waals surface area contributed by atoms with Crippen molar-refractivity contribution in [3.63, 3.8) is 0 Å². The molecule has 0 aliphatic carbocycles. The Hall–Kier alpha value is -1.39. The fourth-order valence-corrected chi connectivity index (χ4v) is 1.48. The first-order valence-electron chi connectivity index (χ1n) is 3.64. The molecule has 0 fully saturated rings. The molecule has 0 aromatic rings. The highest BCUT2D eigenvalue weighted by Gasteiger charge is 2.31. The van der Waals surface area contributed by atoms with Gasteiger partial charge in [-0.05, 0) is 26.2 Å². The zero-order chi connectivity index (χ0) is 10.6. The van der Waals surface area contributed by atoms with Crippen LogP contribution in [0.15, 0.2) is 12.3 Å². The number of nitrogens with zero attached hydrogens (tertiary/aromatic N) is 1. The molecule has 0 saturated heterocycles. The highest BCUT2D eigenvalue weighted by atomic mass is 28.4. The first kappa shape index (κ1) is 11.6. The molecule has 0 bridgehead atoms. The molecule has 6 heteroatoms. The van der Waals surface area contributed by atoms with E-state index in [1.807, 2.05) is 19.6 Å². The van der Waals surface area contributed by atoms with Gasteiger partial charge >= 0.3 is 11.7 Å². The molecule has 0 aliphatic rings. The van der Waals surface area contributed by atoms with Gasteiger partial charge in [-0.1, -0.05) is 0 Å². The number of rotatable bonds is 4. The Bertz CT molecular complexity index is 287. The maximum Gasteiger partial charge on any atom is 0.487 e. The molecule has 0 heterocycles. The summed E-state index contributed by atoms with van der Waals surface area (Å²) in [7, 11) is -1.87. The minimum Gasteiger partial charge on any atom is -0.539 e. The van der Waals surface area contributed by atoms with Crippen LogP contribution in [0.1, 0.15) is 0 Å². The van der Waals surface area contributed by atoms with Crippen molar-refractivity contribution >= 4 is 20.0 Å². The predicted octanol–water partition coefficient (Wildman–Crippen LogP) is 1.12. The smallest absolute Gasteiger partial charge is 0.487 e. The van der Waals surface area contributed by atoms with Crippen LogP contribution in [-0.4, -0.2) is 29.9 Å². The van der Waals surface area contributed by atoms with Gasteiger partial charge < -0.3 is 9.53 Å². The molecule has 0 aromatic carbocycles. The second-order valence-corrected chi connectivity index (χ2v) is 7.83. The van der Waals surface area contributed by atoms with Crippen molar-refractivity contribution in [2.24, 2.45) is 0 Å². The van der Waals surface area contributed by atoms with Crippen LogP contribution < -0.4 is 0 Å². The molecule has 13 heavy (non-hydrogen) atoms. The highest BCUT2D eigenvalue weighted by Crippen LogP contribution is 2.09. The van der Waals surface area contributed by atoms with Gasteiger partial charge in [0.15, 0.2) is 0 Å². The van der Waals surface area contributed by atoms with Gasteiger partial charge in [-0.25, -0.2) is 4.79 Å². The van der Waals surface area contributed by atoms with Crippen molar-refractivity contribution in [2.75, 3.05) is 0 Å². The Kier molecular flexibility index (Phi) is 3.59. The van der Waals surface area contributed by atoms with E-state index in [-0.39, 0.29) is 5.76 Å². The standard InChI is InChI=1S/C7H12N2O3Si/c1-5(12-13(2,3)4)6(9-8)7(10)11/h8H,1H2,2-4H3/p+1. The Morgan fingerprint density at radius 1 is 1.54 bits per heavy atom. The van der Waals surface area contributed by atoms with Gasteiger partial charge in [0.2, 0.25) is 14.1 Å². The van der Waals surface area contributed by atoms with E-state index in [1.54, 1.807) is 0 Å². The van der Waals surface area contributed by atoms with Crippen LogP contribution in [0.4, 0.5) is 0 Å². The second-order valence-electron chi connectivity index (χ2n) is 3.40. The van der Waals surface area contributed by atoms with E-state index in [2.05, 4.69) is 11.4 Å². The van der Waals surface area contributed by atoms with Crippen LogP contribution in [0.3, 0.4) is 0 Å². The largest absolute Gasteiger partial charge is 0.539 e. The number of carboxylic acids is 1. The molecular weight excluding hydrogens is 188 g/mol. The fraction of sp³-hybridized carbons (Fsp3) is 0.429. The number of hydrogen-bond acceptors (Lipinski definition) is 3. The van der Waals surface area contributed by atoms with E-state index < -0.39 is 20.0 Å². The molecule has 0 saturated carbocycles. The van der Waals surface area contributed by atoms with Crippen molar-refractivity contribution in [1.29, 1.82) is 5.53 Å². The van der Waals surface area contributed by atoms with Crippen LogP contribution in [0.25, 0.3) is 0 Å². The molecule has 0 aliphatic heterocycles. The van der Waals surface area contributed by atoms with E-state index >= 15 is 0 Å². The summed E-state index contributed by atoms with van der Waals surface area (Å²) >= 11 is 0. The van der Waals surface area contributed by atoms with Crippen molar-refractivity contribution in [2.45, 2.75) is 19.6 Å². The van der Waals surface area contributed by atoms with E-state index in [4.69, 9.17) is 15.1 Å². The van der Waals surface area contributed by atoms with Crippen molar-refractivity contribution in [1.82, 2.24) is 0 Å². The fourth-order valence-electron chi connectivity index (χ4n) is 0.647. The monoisotopic (exact) mass is 201 g/mol. The van der Waals surface area contributed by atoms with Crippen LogP contribution in [0.5, 0.6) is 0 Å². The maximum atomic E-state index is 10.5. The normalized spacial score (nSPS) is 10.1. The maximum absolute atomic E-state index is 10.5. The Morgan fingerprint density at radius 3 is 2.23 bits per heavy atom. The molecule has 0 amide bonds. The number of carboxylic acid groups (broad SMARTS) is 1. The zero-order valence-corrected chi connectivity index (χ0v) is 8.92. The van der Waals surface area contributed by atoms with Gasteiger partial charge in [-0.2, -0.15) is 0 Å². The average molecular weight is 201 g/mol. The summed E-state index contributed by atoms with van der Waals surface area (Å²) in [5, 5.41) is 8.56. The molecule has 0 radical (unpaired) electrons. The van der Waals surface area contributed by atoms with Crippen molar-refractivity contribution in [3.8, 4) is 0 Å². The second kappa shape index (κ2) is 4.02. The topological polar surface area (TPSA) is 84.5 Å². The van der Waals surface area contributed by atoms with E-state index in [9.17, 15) is 4.79 Å². The number of aliphatic carboxylic acids is 1. The third-order valence-electron chi connectivity index (χ3n) is 1.01.